The number of ketones is 1. The molecule has 0 amide bonds. The Labute approximate surface area is 109 Å². The molecule has 1 aromatic heterocycles. The molecular weight excluding hydrogens is 241 g/mol. The van der Waals surface area contributed by atoms with Gasteiger partial charge in [0.2, 0.25) is 0 Å². The van der Waals surface area contributed by atoms with Gasteiger partial charge in [0.1, 0.15) is 5.82 Å². The molecule has 0 radical (unpaired) electrons. The van der Waals surface area contributed by atoms with Crippen LogP contribution in [0.2, 0.25) is 0 Å². The lowest BCUT2D eigenvalue weighted by Gasteiger charge is -2.01. The maximum absolute atomic E-state index is 13.8. The van der Waals surface area contributed by atoms with Gasteiger partial charge in [-0.3, -0.25) is 4.79 Å². The van der Waals surface area contributed by atoms with E-state index in [2.05, 4.69) is 4.98 Å². The highest BCUT2D eigenvalue weighted by Crippen LogP contribution is 2.23. The maximum Gasteiger partial charge on any atom is 0.195 e. The molecule has 0 aliphatic rings. The number of hydrogen-bond acceptors (Lipinski definition) is 1. The lowest BCUT2D eigenvalue weighted by atomic mass is 10.0. The van der Waals surface area contributed by atoms with Gasteiger partial charge in [0.25, 0.3) is 0 Å². The number of nitrogens with one attached hydrogen (secondary N) is 1. The van der Waals surface area contributed by atoms with E-state index < -0.39 is 0 Å². The first-order chi connectivity index (χ1) is 9.16. The van der Waals surface area contributed by atoms with Crippen molar-refractivity contribution in [1.29, 1.82) is 0 Å². The molecule has 19 heavy (non-hydrogen) atoms. The molecule has 3 rings (SSSR count). The summed E-state index contributed by atoms with van der Waals surface area (Å²) in [7, 11) is 0. The second kappa shape index (κ2) is 4.35. The Morgan fingerprint density at radius 1 is 1.11 bits per heavy atom. The van der Waals surface area contributed by atoms with Crippen LogP contribution in [-0.2, 0) is 0 Å². The van der Waals surface area contributed by atoms with Crippen molar-refractivity contribution in [2.45, 2.75) is 6.92 Å². The Bertz CT molecular complexity index is 756. The van der Waals surface area contributed by atoms with E-state index in [4.69, 9.17) is 0 Å². The van der Waals surface area contributed by atoms with Crippen molar-refractivity contribution in [2.75, 3.05) is 0 Å². The van der Waals surface area contributed by atoms with Gasteiger partial charge in [0.15, 0.2) is 5.78 Å². The number of benzene rings is 2. The summed E-state index contributed by atoms with van der Waals surface area (Å²) in [5, 5.41) is 0.355. The molecule has 94 valence electrons. The van der Waals surface area contributed by atoms with E-state index >= 15 is 0 Å². The van der Waals surface area contributed by atoms with Crippen molar-refractivity contribution < 1.29 is 9.18 Å². The molecular formula is C16H12FNO. The van der Waals surface area contributed by atoms with Crippen LogP contribution in [0.1, 0.15) is 21.5 Å². The van der Waals surface area contributed by atoms with Crippen LogP contribution in [0, 0.1) is 12.7 Å². The molecule has 0 bridgehead atoms. The number of halogens is 1. The second-order valence-electron chi connectivity index (χ2n) is 4.56. The molecule has 1 heterocycles. The van der Waals surface area contributed by atoms with Crippen LogP contribution >= 0.6 is 0 Å². The van der Waals surface area contributed by atoms with Gasteiger partial charge in [-0.2, -0.15) is 0 Å². The first-order valence-corrected chi connectivity index (χ1v) is 6.04. The number of H-pyrrole nitrogens is 1. The topological polar surface area (TPSA) is 32.9 Å². The fourth-order valence-corrected chi connectivity index (χ4v) is 2.18. The van der Waals surface area contributed by atoms with Gasteiger partial charge in [-0.05, 0) is 19.1 Å². The zero-order chi connectivity index (χ0) is 13.4. The van der Waals surface area contributed by atoms with E-state index in [1.165, 1.54) is 6.07 Å². The highest BCUT2D eigenvalue weighted by Gasteiger charge is 2.16. The van der Waals surface area contributed by atoms with E-state index in [1.54, 1.807) is 30.5 Å². The Morgan fingerprint density at radius 2 is 1.84 bits per heavy atom. The van der Waals surface area contributed by atoms with Crippen LogP contribution in [0.3, 0.4) is 0 Å². The molecule has 0 unspecified atom stereocenters. The minimum absolute atomic E-state index is 0.170. The number of carbonyl (C=O) groups is 1. The van der Waals surface area contributed by atoms with Gasteiger partial charge < -0.3 is 4.98 Å². The van der Waals surface area contributed by atoms with Gasteiger partial charge in [-0.25, -0.2) is 4.39 Å². The monoisotopic (exact) mass is 253 g/mol. The molecule has 2 nitrogen and oxygen atoms in total. The van der Waals surface area contributed by atoms with Gasteiger partial charge in [-0.1, -0.05) is 35.9 Å². The minimum atomic E-state index is -0.380. The summed E-state index contributed by atoms with van der Waals surface area (Å²) in [5.74, 6) is -0.550. The summed E-state index contributed by atoms with van der Waals surface area (Å²) >= 11 is 0. The maximum atomic E-state index is 13.8. The number of carbonyl (C=O) groups excluding carboxylic acids is 1. The Balaban J connectivity index is 2.14. The van der Waals surface area contributed by atoms with E-state index in [-0.39, 0.29) is 11.6 Å². The number of rotatable bonds is 2. The van der Waals surface area contributed by atoms with E-state index in [9.17, 15) is 9.18 Å². The Hall–Kier alpha value is -2.42. The third kappa shape index (κ3) is 1.93. The van der Waals surface area contributed by atoms with E-state index in [0.717, 1.165) is 5.56 Å². The predicted molar refractivity (Wildman–Crippen MR) is 72.9 cm³/mol. The highest BCUT2D eigenvalue weighted by atomic mass is 19.1. The predicted octanol–water partition coefficient (Wildman–Crippen LogP) is 3.85. The lowest BCUT2D eigenvalue weighted by molar-refractivity contribution is 0.104. The first kappa shape index (κ1) is 11.7. The molecule has 0 fully saturated rings. The molecule has 0 atom stereocenters. The van der Waals surface area contributed by atoms with Crippen LogP contribution in [0.4, 0.5) is 4.39 Å². The lowest BCUT2D eigenvalue weighted by Crippen LogP contribution is -2.00. The molecule has 3 heteroatoms. The average molecular weight is 253 g/mol. The third-order valence-corrected chi connectivity index (χ3v) is 3.21. The molecule has 3 aromatic rings. The molecule has 0 saturated heterocycles. The van der Waals surface area contributed by atoms with Gasteiger partial charge >= 0.3 is 0 Å². The standard InChI is InChI=1S/C16H12FNO/c1-10-5-7-11(8-6-10)16(19)12-9-18-14-4-2-3-13(17)15(12)14/h2-9,18H,1H3. The zero-order valence-electron chi connectivity index (χ0n) is 10.4. The summed E-state index contributed by atoms with van der Waals surface area (Å²) in [5.41, 5.74) is 2.66. The van der Waals surface area contributed by atoms with Crippen molar-refractivity contribution in [3.8, 4) is 0 Å². The molecule has 0 aliphatic carbocycles. The first-order valence-electron chi connectivity index (χ1n) is 6.04. The van der Waals surface area contributed by atoms with Crippen molar-refractivity contribution in [1.82, 2.24) is 4.98 Å². The van der Waals surface area contributed by atoms with Gasteiger partial charge in [0.05, 0.1) is 5.56 Å². The quantitative estimate of drug-likeness (QED) is 0.691. The van der Waals surface area contributed by atoms with Crippen LogP contribution in [0.25, 0.3) is 10.9 Å². The summed E-state index contributed by atoms with van der Waals surface area (Å²) in [6.45, 7) is 1.96. The normalized spacial score (nSPS) is 10.8. The molecule has 0 spiro atoms. The summed E-state index contributed by atoms with van der Waals surface area (Å²) in [6.07, 6.45) is 1.57. The molecule has 2 aromatic carbocycles. The zero-order valence-corrected chi connectivity index (χ0v) is 10.4. The van der Waals surface area contributed by atoms with Crippen LogP contribution in [0.15, 0.2) is 48.7 Å². The number of aryl methyl sites for hydroxylation is 1. The largest absolute Gasteiger partial charge is 0.360 e. The van der Waals surface area contributed by atoms with Gasteiger partial charge in [-0.15, -0.1) is 0 Å². The number of hydrogen-bond donors (Lipinski definition) is 1. The number of fused-ring (bicyclic) bond motifs is 1. The van der Waals surface area contributed by atoms with Crippen LogP contribution in [-0.4, -0.2) is 10.8 Å². The third-order valence-electron chi connectivity index (χ3n) is 3.21. The molecule has 0 aliphatic heterocycles. The summed E-state index contributed by atoms with van der Waals surface area (Å²) in [4.78, 5) is 15.3. The summed E-state index contributed by atoms with van der Waals surface area (Å²) < 4.78 is 13.8. The van der Waals surface area contributed by atoms with Crippen LogP contribution in [0.5, 0.6) is 0 Å². The highest BCUT2D eigenvalue weighted by molar-refractivity contribution is 6.16. The van der Waals surface area contributed by atoms with E-state index in [1.807, 2.05) is 19.1 Å². The second-order valence-corrected chi connectivity index (χ2v) is 4.56. The van der Waals surface area contributed by atoms with Gasteiger partial charge in [0, 0.05) is 22.7 Å². The average Bonchev–Trinajstić information content (AvgIpc) is 2.84. The SMILES string of the molecule is Cc1ccc(C(=O)c2c[nH]c3cccc(F)c23)cc1. The Morgan fingerprint density at radius 3 is 2.58 bits per heavy atom. The van der Waals surface area contributed by atoms with Crippen molar-refractivity contribution in [2.24, 2.45) is 0 Å². The van der Waals surface area contributed by atoms with Crippen molar-refractivity contribution in [3.05, 3.63) is 71.2 Å². The Kier molecular flexibility index (Phi) is 2.67. The molecule has 0 saturated carbocycles. The number of aromatic amines is 1. The van der Waals surface area contributed by atoms with E-state index in [0.29, 0.717) is 22.0 Å². The fraction of sp³-hybridized carbons (Fsp3) is 0.0625. The van der Waals surface area contributed by atoms with Crippen molar-refractivity contribution >= 4 is 16.7 Å². The smallest absolute Gasteiger partial charge is 0.195 e. The summed E-state index contributed by atoms with van der Waals surface area (Å²) in [6, 6.07) is 12.0. The van der Waals surface area contributed by atoms with Crippen LogP contribution < -0.4 is 0 Å². The fourth-order valence-electron chi connectivity index (χ4n) is 2.18. The molecule has 1 N–H and O–H groups in total. The minimum Gasteiger partial charge on any atom is -0.360 e. The van der Waals surface area contributed by atoms with Crippen molar-refractivity contribution in [3.63, 3.8) is 0 Å². The number of aromatic nitrogens is 1.